The fraction of sp³-hybridized carbons (Fsp3) is 0.235. The highest BCUT2D eigenvalue weighted by atomic mass is 32.1. The number of H-pyrrole nitrogens is 1. The van der Waals surface area contributed by atoms with Crippen LogP contribution >= 0.6 is 11.3 Å². The minimum atomic E-state index is -0.0824. The highest BCUT2D eigenvalue weighted by Crippen LogP contribution is 2.25. The number of aryl methyl sites for hydroxylation is 2. The number of hydrogen-bond donors (Lipinski definition) is 2. The molecule has 3 heterocycles. The number of fused-ring (bicyclic) bond motifs is 1. The van der Waals surface area contributed by atoms with Crippen LogP contribution in [0, 0.1) is 13.8 Å². The molecular weight excluding hydrogens is 350 g/mol. The monoisotopic (exact) mass is 367 g/mol. The van der Waals surface area contributed by atoms with Crippen molar-refractivity contribution in [3.05, 3.63) is 57.0 Å². The summed E-state index contributed by atoms with van der Waals surface area (Å²) in [5.41, 5.74) is 1.80. The van der Waals surface area contributed by atoms with Gasteiger partial charge >= 0.3 is 0 Å². The Bertz CT molecular complexity index is 1110. The molecule has 0 aliphatic heterocycles. The third-order valence-corrected chi connectivity index (χ3v) is 5.30. The topological polar surface area (TPSA) is 101 Å². The number of aromatic nitrogens is 6. The van der Waals surface area contributed by atoms with Crippen LogP contribution in [0.4, 0.5) is 5.95 Å². The van der Waals surface area contributed by atoms with Gasteiger partial charge in [0, 0.05) is 17.8 Å². The average Bonchev–Trinajstić information content (AvgIpc) is 3.21. The minimum absolute atomic E-state index is 0.0824. The lowest BCUT2D eigenvalue weighted by molar-refractivity contribution is 0.787. The molecule has 8 nitrogen and oxygen atoms in total. The molecule has 26 heavy (non-hydrogen) atoms. The molecule has 0 unspecified atom stereocenters. The van der Waals surface area contributed by atoms with Gasteiger partial charge in [0.15, 0.2) is 0 Å². The molecule has 0 aliphatic carbocycles. The standard InChI is InChI=1S/C17H17N7OS/c1-10-11(2)26-16-14(10)15(25)19-13(20-16)8-9-18-17-21-22-23-24(17)12-6-4-3-5-7-12/h3-7H,8-9H2,1-2H3,(H,18,21,23)(H,19,20,25). The predicted molar refractivity (Wildman–Crippen MR) is 101 cm³/mol. The van der Waals surface area contributed by atoms with Crippen LogP contribution in [0.2, 0.25) is 0 Å². The molecule has 132 valence electrons. The van der Waals surface area contributed by atoms with Crippen LogP contribution in [-0.4, -0.2) is 36.7 Å². The molecule has 0 radical (unpaired) electrons. The third kappa shape index (κ3) is 2.97. The Hall–Kier alpha value is -3.07. The Kier molecular flexibility index (Phi) is 4.21. The number of anilines is 1. The summed E-state index contributed by atoms with van der Waals surface area (Å²) in [5.74, 6) is 1.19. The zero-order chi connectivity index (χ0) is 18.1. The van der Waals surface area contributed by atoms with Crippen LogP contribution in [0.1, 0.15) is 16.3 Å². The average molecular weight is 367 g/mol. The number of thiophene rings is 1. The summed E-state index contributed by atoms with van der Waals surface area (Å²) < 4.78 is 1.63. The Morgan fingerprint density at radius 2 is 2.04 bits per heavy atom. The fourth-order valence-corrected chi connectivity index (χ4v) is 3.80. The van der Waals surface area contributed by atoms with Crippen LogP contribution < -0.4 is 10.9 Å². The van der Waals surface area contributed by atoms with E-state index < -0.39 is 0 Å². The van der Waals surface area contributed by atoms with Crippen molar-refractivity contribution in [2.45, 2.75) is 20.3 Å². The number of aromatic amines is 1. The lowest BCUT2D eigenvalue weighted by Crippen LogP contribution is -2.16. The van der Waals surface area contributed by atoms with Crippen LogP contribution in [0.15, 0.2) is 35.1 Å². The van der Waals surface area contributed by atoms with E-state index in [-0.39, 0.29) is 5.56 Å². The van der Waals surface area contributed by atoms with Crippen molar-refractivity contribution in [3.63, 3.8) is 0 Å². The highest BCUT2D eigenvalue weighted by Gasteiger charge is 2.12. The smallest absolute Gasteiger partial charge is 0.259 e. The van der Waals surface area contributed by atoms with Crippen molar-refractivity contribution in [1.82, 2.24) is 30.2 Å². The number of nitrogens with one attached hydrogen (secondary N) is 2. The molecule has 0 fully saturated rings. The largest absolute Gasteiger partial charge is 0.352 e. The van der Waals surface area contributed by atoms with Gasteiger partial charge in [-0.05, 0) is 42.0 Å². The van der Waals surface area contributed by atoms with Gasteiger partial charge in [0.2, 0.25) is 5.95 Å². The van der Waals surface area contributed by atoms with Gasteiger partial charge in [0.1, 0.15) is 10.7 Å². The normalized spacial score (nSPS) is 11.2. The quantitative estimate of drug-likeness (QED) is 0.561. The first-order chi connectivity index (χ1) is 12.6. The lowest BCUT2D eigenvalue weighted by Gasteiger charge is -2.06. The van der Waals surface area contributed by atoms with E-state index >= 15 is 0 Å². The molecule has 0 saturated carbocycles. The van der Waals surface area contributed by atoms with Crippen molar-refractivity contribution < 1.29 is 0 Å². The highest BCUT2D eigenvalue weighted by molar-refractivity contribution is 7.18. The van der Waals surface area contributed by atoms with Crippen LogP contribution in [0.3, 0.4) is 0 Å². The first-order valence-electron chi connectivity index (χ1n) is 8.20. The van der Waals surface area contributed by atoms with Crippen LogP contribution in [-0.2, 0) is 6.42 Å². The molecule has 0 atom stereocenters. The van der Waals surface area contributed by atoms with Crippen molar-refractivity contribution in [2.24, 2.45) is 0 Å². The van der Waals surface area contributed by atoms with Gasteiger partial charge in [-0.15, -0.1) is 11.3 Å². The number of hydrogen-bond acceptors (Lipinski definition) is 7. The van der Waals surface area contributed by atoms with Crippen molar-refractivity contribution in [1.29, 1.82) is 0 Å². The lowest BCUT2D eigenvalue weighted by atomic mass is 10.2. The second-order valence-electron chi connectivity index (χ2n) is 5.90. The Morgan fingerprint density at radius 3 is 2.85 bits per heavy atom. The van der Waals surface area contributed by atoms with Gasteiger partial charge in [0.05, 0.1) is 11.1 Å². The van der Waals surface area contributed by atoms with Crippen LogP contribution in [0.5, 0.6) is 0 Å². The maximum Gasteiger partial charge on any atom is 0.259 e. The van der Waals surface area contributed by atoms with Crippen molar-refractivity contribution >= 4 is 27.5 Å². The maximum absolute atomic E-state index is 12.3. The summed E-state index contributed by atoms with van der Waals surface area (Å²) in [6.45, 7) is 4.51. The molecule has 0 amide bonds. The summed E-state index contributed by atoms with van der Waals surface area (Å²) in [7, 11) is 0. The number of tetrazole rings is 1. The molecule has 0 saturated heterocycles. The molecule has 9 heteroatoms. The number of rotatable bonds is 5. The molecule has 4 rings (SSSR count). The molecule has 1 aromatic carbocycles. The van der Waals surface area contributed by atoms with E-state index in [2.05, 4.69) is 30.8 Å². The van der Waals surface area contributed by atoms with Gasteiger partial charge in [-0.3, -0.25) is 4.79 Å². The van der Waals surface area contributed by atoms with E-state index in [1.165, 1.54) is 0 Å². The molecule has 0 bridgehead atoms. The Labute approximate surface area is 152 Å². The van der Waals surface area contributed by atoms with Gasteiger partial charge in [-0.25, -0.2) is 4.98 Å². The molecule has 4 aromatic rings. The van der Waals surface area contributed by atoms with E-state index in [1.807, 2.05) is 44.2 Å². The molecule has 2 N–H and O–H groups in total. The molecule has 0 spiro atoms. The molecule has 3 aromatic heterocycles. The van der Waals surface area contributed by atoms with Crippen molar-refractivity contribution in [2.75, 3.05) is 11.9 Å². The SMILES string of the molecule is Cc1sc2nc(CCNc3nnnn3-c3ccccc3)[nH]c(=O)c2c1C. The maximum atomic E-state index is 12.3. The summed E-state index contributed by atoms with van der Waals surface area (Å²) in [6, 6.07) is 9.64. The summed E-state index contributed by atoms with van der Waals surface area (Å²) in [6.07, 6.45) is 0.558. The summed E-state index contributed by atoms with van der Waals surface area (Å²) >= 11 is 1.55. The second kappa shape index (κ2) is 6.68. The Balaban J connectivity index is 1.50. The first kappa shape index (κ1) is 16.4. The molecular formula is C17H17N7OS. The Morgan fingerprint density at radius 1 is 1.23 bits per heavy atom. The number of nitrogens with zero attached hydrogens (tertiary/aromatic N) is 5. The van der Waals surface area contributed by atoms with E-state index in [1.54, 1.807) is 16.0 Å². The van der Waals surface area contributed by atoms with E-state index in [0.717, 1.165) is 21.0 Å². The molecule has 0 aliphatic rings. The summed E-state index contributed by atoms with van der Waals surface area (Å²) in [5, 5.41) is 15.6. The van der Waals surface area contributed by atoms with Gasteiger partial charge in [-0.2, -0.15) is 4.68 Å². The van der Waals surface area contributed by atoms with Gasteiger partial charge in [-0.1, -0.05) is 23.3 Å². The number of para-hydroxylation sites is 1. The zero-order valence-corrected chi connectivity index (χ0v) is 15.2. The van der Waals surface area contributed by atoms with Gasteiger partial charge < -0.3 is 10.3 Å². The minimum Gasteiger partial charge on any atom is -0.352 e. The first-order valence-corrected chi connectivity index (χ1v) is 9.01. The third-order valence-electron chi connectivity index (χ3n) is 4.20. The van der Waals surface area contributed by atoms with E-state index in [4.69, 9.17) is 0 Å². The van der Waals surface area contributed by atoms with E-state index in [0.29, 0.717) is 30.1 Å². The van der Waals surface area contributed by atoms with Crippen LogP contribution in [0.25, 0.3) is 15.9 Å². The van der Waals surface area contributed by atoms with Crippen molar-refractivity contribution in [3.8, 4) is 5.69 Å². The zero-order valence-electron chi connectivity index (χ0n) is 14.4. The van der Waals surface area contributed by atoms with Gasteiger partial charge in [0.25, 0.3) is 5.56 Å². The summed E-state index contributed by atoms with van der Waals surface area (Å²) in [4.78, 5) is 21.7. The van der Waals surface area contributed by atoms with E-state index in [9.17, 15) is 4.79 Å². The second-order valence-corrected chi connectivity index (χ2v) is 7.11. The fourth-order valence-electron chi connectivity index (χ4n) is 2.75. The number of benzene rings is 1. The predicted octanol–water partition coefficient (Wildman–Crippen LogP) is 2.23.